The number of benzene rings is 2. The number of amides is 3. The Labute approximate surface area is 220 Å². The van der Waals surface area contributed by atoms with Crippen LogP contribution in [0.2, 0.25) is 5.02 Å². The van der Waals surface area contributed by atoms with Gasteiger partial charge < -0.3 is 15.0 Å². The Morgan fingerprint density at radius 3 is 2.27 bits per heavy atom. The van der Waals surface area contributed by atoms with Gasteiger partial charge in [-0.1, -0.05) is 23.7 Å². The van der Waals surface area contributed by atoms with Gasteiger partial charge in [-0.15, -0.1) is 0 Å². The van der Waals surface area contributed by atoms with Gasteiger partial charge >= 0.3 is 12.0 Å². The second-order valence-electron chi connectivity index (χ2n) is 8.83. The lowest BCUT2D eigenvalue weighted by molar-refractivity contribution is -0.139. The van der Waals surface area contributed by atoms with E-state index in [0.717, 1.165) is 5.56 Å². The summed E-state index contributed by atoms with van der Waals surface area (Å²) in [7, 11) is 0. The zero-order valence-electron chi connectivity index (χ0n) is 20.9. The molecule has 0 aromatic heterocycles. The maximum atomic E-state index is 13.2. The second kappa shape index (κ2) is 11.7. The van der Waals surface area contributed by atoms with Gasteiger partial charge in [0.25, 0.3) is 5.91 Å². The van der Waals surface area contributed by atoms with Crippen molar-refractivity contribution in [3.8, 4) is 0 Å². The number of hydrogen-bond acceptors (Lipinski definition) is 5. The Hall–Kier alpha value is -3.43. The van der Waals surface area contributed by atoms with Crippen LogP contribution in [0.3, 0.4) is 0 Å². The summed E-state index contributed by atoms with van der Waals surface area (Å²) in [5.74, 6) is -1.02. The first-order chi connectivity index (χ1) is 17.8. The molecule has 0 radical (unpaired) electrons. The molecule has 2 aliphatic heterocycles. The average Bonchev–Trinajstić information content (AvgIpc) is 2.89. The zero-order valence-corrected chi connectivity index (χ0v) is 21.6. The molecule has 1 atom stereocenters. The lowest BCUT2D eigenvalue weighted by Gasteiger charge is -2.40. The van der Waals surface area contributed by atoms with E-state index in [1.165, 1.54) is 24.3 Å². The molecule has 1 saturated heterocycles. The number of rotatable bonds is 7. The molecule has 8 nitrogen and oxygen atoms in total. The van der Waals surface area contributed by atoms with Gasteiger partial charge in [-0.3, -0.25) is 14.6 Å². The largest absolute Gasteiger partial charge is 0.463 e. The molecular weight excluding hydrogens is 499 g/mol. The number of likely N-dealkylation sites (N-methyl/N-ethyl adjacent to an activating group) is 1. The Bertz CT molecular complexity index is 1180. The maximum Gasteiger partial charge on any atom is 0.338 e. The van der Waals surface area contributed by atoms with Gasteiger partial charge in [0.15, 0.2) is 0 Å². The number of carbonyl (C=O) groups excluding carboxylic acids is 3. The summed E-state index contributed by atoms with van der Waals surface area (Å²) in [4.78, 5) is 44.5. The van der Waals surface area contributed by atoms with Crippen LogP contribution >= 0.6 is 11.6 Å². The van der Waals surface area contributed by atoms with E-state index < -0.39 is 12.0 Å². The molecule has 196 valence electrons. The molecule has 0 bridgehead atoms. The van der Waals surface area contributed by atoms with Gasteiger partial charge in [0.1, 0.15) is 5.82 Å². The van der Waals surface area contributed by atoms with Crippen molar-refractivity contribution in [3.05, 3.63) is 81.8 Å². The highest BCUT2D eigenvalue weighted by Crippen LogP contribution is 2.32. The van der Waals surface area contributed by atoms with Crippen LogP contribution in [0.5, 0.6) is 0 Å². The molecule has 2 aromatic carbocycles. The number of carbonyl (C=O) groups is 3. The zero-order chi connectivity index (χ0) is 26.5. The fourth-order valence-corrected chi connectivity index (χ4v) is 4.78. The normalized spacial score (nSPS) is 18.6. The predicted octanol–water partition coefficient (Wildman–Crippen LogP) is 3.84. The SMILES string of the molecule is CCOC(=O)C1=C(CN2CCN(C(=O)c3ccc(F)cc3)CC2)N(CC)C(=O)NC1c1ccc(Cl)cc1. The number of hydrogen-bond donors (Lipinski definition) is 1. The number of piperazine rings is 1. The quantitative estimate of drug-likeness (QED) is 0.552. The molecular formula is C27H30ClFN4O4. The topological polar surface area (TPSA) is 82.2 Å². The summed E-state index contributed by atoms with van der Waals surface area (Å²) < 4.78 is 18.6. The molecule has 37 heavy (non-hydrogen) atoms. The van der Waals surface area contributed by atoms with E-state index in [1.807, 2.05) is 6.92 Å². The number of nitrogens with zero attached hydrogens (tertiary/aromatic N) is 3. The van der Waals surface area contributed by atoms with Crippen LogP contribution in [-0.2, 0) is 9.53 Å². The van der Waals surface area contributed by atoms with E-state index in [0.29, 0.717) is 61.1 Å². The highest BCUT2D eigenvalue weighted by molar-refractivity contribution is 6.30. The third kappa shape index (κ3) is 5.94. The van der Waals surface area contributed by atoms with E-state index in [1.54, 1.807) is 41.0 Å². The van der Waals surface area contributed by atoms with Crippen LogP contribution < -0.4 is 5.32 Å². The second-order valence-corrected chi connectivity index (χ2v) is 9.27. The van der Waals surface area contributed by atoms with Crippen LogP contribution in [-0.4, -0.2) is 78.5 Å². The fourth-order valence-electron chi connectivity index (χ4n) is 4.66. The summed E-state index contributed by atoms with van der Waals surface area (Å²) in [6.45, 7) is 6.56. The van der Waals surface area contributed by atoms with Crippen LogP contribution in [0.25, 0.3) is 0 Å². The molecule has 10 heteroatoms. The molecule has 0 spiro atoms. The number of halogens is 2. The van der Waals surface area contributed by atoms with Crippen molar-refractivity contribution in [1.29, 1.82) is 0 Å². The van der Waals surface area contributed by atoms with Crippen molar-refractivity contribution in [3.63, 3.8) is 0 Å². The summed E-state index contributed by atoms with van der Waals surface area (Å²) in [5.41, 5.74) is 2.14. The number of esters is 1. The summed E-state index contributed by atoms with van der Waals surface area (Å²) in [6.07, 6.45) is 0. The maximum absolute atomic E-state index is 13.2. The number of nitrogens with one attached hydrogen (secondary N) is 1. The smallest absolute Gasteiger partial charge is 0.338 e. The number of urea groups is 1. The molecule has 1 N–H and O–H groups in total. The molecule has 2 aromatic rings. The summed E-state index contributed by atoms with van der Waals surface area (Å²) in [5, 5.41) is 3.49. The predicted molar refractivity (Wildman–Crippen MR) is 138 cm³/mol. The molecule has 3 amide bonds. The summed E-state index contributed by atoms with van der Waals surface area (Å²) >= 11 is 6.06. The first-order valence-electron chi connectivity index (χ1n) is 12.3. The van der Waals surface area contributed by atoms with Gasteiger partial charge in [-0.2, -0.15) is 0 Å². The van der Waals surface area contributed by atoms with E-state index in [-0.39, 0.29) is 24.4 Å². The van der Waals surface area contributed by atoms with Crippen molar-refractivity contribution >= 4 is 29.5 Å². The van der Waals surface area contributed by atoms with Crippen molar-refractivity contribution in [2.45, 2.75) is 19.9 Å². The van der Waals surface area contributed by atoms with Crippen molar-refractivity contribution in [2.75, 3.05) is 45.9 Å². The molecule has 0 saturated carbocycles. The number of ether oxygens (including phenoxy) is 1. The van der Waals surface area contributed by atoms with Crippen LogP contribution in [0.15, 0.2) is 59.8 Å². The van der Waals surface area contributed by atoms with Gasteiger partial charge in [0.05, 0.1) is 18.2 Å². The third-order valence-corrected chi connectivity index (χ3v) is 6.83. The van der Waals surface area contributed by atoms with E-state index >= 15 is 0 Å². The Morgan fingerprint density at radius 1 is 1.03 bits per heavy atom. The Kier molecular flexibility index (Phi) is 8.45. The highest BCUT2D eigenvalue weighted by Gasteiger charge is 2.38. The monoisotopic (exact) mass is 528 g/mol. The molecule has 4 rings (SSSR count). The van der Waals surface area contributed by atoms with Crippen LogP contribution in [0, 0.1) is 5.82 Å². The Morgan fingerprint density at radius 2 is 1.68 bits per heavy atom. The molecule has 1 fully saturated rings. The average molecular weight is 529 g/mol. The minimum absolute atomic E-state index is 0.152. The van der Waals surface area contributed by atoms with Crippen molar-refractivity contribution in [2.24, 2.45) is 0 Å². The van der Waals surface area contributed by atoms with E-state index in [4.69, 9.17) is 16.3 Å². The van der Waals surface area contributed by atoms with Gasteiger partial charge in [-0.05, 0) is 55.8 Å². The highest BCUT2D eigenvalue weighted by atomic mass is 35.5. The summed E-state index contributed by atoms with van der Waals surface area (Å²) in [6, 6.07) is 11.5. The molecule has 2 aliphatic rings. The molecule has 1 unspecified atom stereocenters. The van der Waals surface area contributed by atoms with E-state index in [2.05, 4.69) is 10.2 Å². The van der Waals surface area contributed by atoms with Gasteiger partial charge in [0.2, 0.25) is 0 Å². The molecule has 0 aliphatic carbocycles. The Balaban J connectivity index is 1.58. The van der Waals surface area contributed by atoms with Crippen molar-refractivity contribution < 1.29 is 23.5 Å². The lowest BCUT2D eigenvalue weighted by atomic mass is 9.94. The van der Waals surface area contributed by atoms with Crippen LogP contribution in [0.1, 0.15) is 35.8 Å². The van der Waals surface area contributed by atoms with E-state index in [9.17, 15) is 18.8 Å². The van der Waals surface area contributed by atoms with Gasteiger partial charge in [0, 0.05) is 55.6 Å². The standard InChI is InChI=1S/C27H30ClFN4O4/c1-3-33-22(17-31-13-15-32(16-14-31)25(34)19-7-11-21(29)12-8-19)23(26(35)37-4-2)24(30-27(33)36)18-5-9-20(28)10-6-18/h5-12,24H,3-4,13-17H2,1-2H3,(H,30,36). The van der Waals surface area contributed by atoms with Crippen LogP contribution in [0.4, 0.5) is 9.18 Å². The first kappa shape index (κ1) is 26.6. The first-order valence-corrected chi connectivity index (χ1v) is 12.7. The molecule has 2 heterocycles. The third-order valence-electron chi connectivity index (χ3n) is 6.58. The van der Waals surface area contributed by atoms with Gasteiger partial charge in [-0.25, -0.2) is 14.0 Å². The van der Waals surface area contributed by atoms with Crippen molar-refractivity contribution in [1.82, 2.24) is 20.0 Å². The minimum Gasteiger partial charge on any atom is -0.463 e. The lowest BCUT2D eigenvalue weighted by Crippen LogP contribution is -2.53. The minimum atomic E-state index is -0.678. The fraction of sp³-hybridized carbons (Fsp3) is 0.370.